The molecule has 3 heterocycles. The van der Waals surface area contributed by atoms with E-state index in [-0.39, 0.29) is 0 Å². The summed E-state index contributed by atoms with van der Waals surface area (Å²) in [6.45, 7) is 0. The molecule has 0 saturated carbocycles. The fourth-order valence-electron chi connectivity index (χ4n) is 7.31. The molecule has 0 aliphatic heterocycles. The summed E-state index contributed by atoms with van der Waals surface area (Å²) >= 11 is 0. The first-order valence-electron chi connectivity index (χ1n) is 16.3. The number of aromatic nitrogens is 2. The third-order valence-corrected chi connectivity index (χ3v) is 9.58. The molecule has 0 bridgehead atoms. The van der Waals surface area contributed by atoms with Crippen LogP contribution in [0.1, 0.15) is 0 Å². The quantitative estimate of drug-likeness (QED) is 0.198. The van der Waals surface area contributed by atoms with Crippen LogP contribution in [0.5, 0.6) is 0 Å². The second-order valence-electron chi connectivity index (χ2n) is 12.4. The van der Waals surface area contributed by atoms with Crippen molar-refractivity contribution in [3.8, 4) is 39.3 Å². The molecule has 224 valence electrons. The molecule has 0 saturated heterocycles. The maximum absolute atomic E-state index is 6.14. The van der Waals surface area contributed by atoms with Gasteiger partial charge in [-0.2, -0.15) is 0 Å². The van der Waals surface area contributed by atoms with Crippen LogP contribution in [0.15, 0.2) is 174 Å². The summed E-state index contributed by atoms with van der Waals surface area (Å²) in [7, 11) is 0. The summed E-state index contributed by atoms with van der Waals surface area (Å²) < 4.78 is 8.48. The summed E-state index contributed by atoms with van der Waals surface area (Å²) in [6, 6.07) is 60.2. The summed E-state index contributed by atoms with van der Waals surface area (Å²) in [5, 5.41) is 7.15. The zero-order valence-corrected chi connectivity index (χ0v) is 26.0. The predicted molar refractivity (Wildman–Crippen MR) is 200 cm³/mol. The Balaban J connectivity index is 1.26. The van der Waals surface area contributed by atoms with Crippen molar-refractivity contribution in [3.63, 3.8) is 0 Å². The predicted octanol–water partition coefficient (Wildman–Crippen LogP) is 12.2. The molecular weight excluding hydrogens is 585 g/mol. The fourth-order valence-corrected chi connectivity index (χ4v) is 7.31. The van der Waals surface area contributed by atoms with Crippen LogP contribution in [0.25, 0.3) is 93.8 Å². The molecule has 0 aliphatic carbocycles. The zero-order valence-electron chi connectivity index (χ0n) is 26.0. The maximum Gasteiger partial charge on any atom is 0.138 e. The van der Waals surface area contributed by atoms with E-state index in [2.05, 4.69) is 156 Å². The molecule has 0 radical (unpaired) electrons. The van der Waals surface area contributed by atoms with Gasteiger partial charge in [-0.05, 0) is 81.6 Å². The van der Waals surface area contributed by atoms with Crippen LogP contribution in [0.4, 0.5) is 0 Å². The number of para-hydroxylation sites is 1. The smallest absolute Gasteiger partial charge is 0.138 e. The number of nitrogens with zero attached hydrogens (tertiary/aromatic N) is 2. The molecule has 0 unspecified atom stereocenters. The van der Waals surface area contributed by atoms with E-state index in [1.807, 2.05) is 18.2 Å². The zero-order chi connectivity index (χ0) is 31.6. The van der Waals surface area contributed by atoms with E-state index in [0.29, 0.717) is 0 Å². The van der Waals surface area contributed by atoms with Crippen molar-refractivity contribution in [1.29, 1.82) is 0 Å². The Kier molecular flexibility index (Phi) is 5.87. The minimum absolute atomic E-state index is 0.893. The Morgan fingerprint density at radius 1 is 0.396 bits per heavy atom. The van der Waals surface area contributed by atoms with E-state index in [0.717, 1.165) is 72.3 Å². The molecule has 0 amide bonds. The molecule has 0 spiro atoms. The minimum atomic E-state index is 0.893. The standard InChI is InChI=1S/C45H28N2O/c1-3-11-29(12-4-1)34-27-39(31-14-5-2-6-15-31)46-44(28-34)47-40-22-20-32(26-38(40)45-35-16-8-7-13-30(35)19-23-41(45)47)33-21-24-43-37(25-33)36-17-9-10-18-42(36)48-43/h1-28H. The van der Waals surface area contributed by atoms with Gasteiger partial charge in [-0.15, -0.1) is 0 Å². The number of hydrogen-bond donors (Lipinski definition) is 0. The van der Waals surface area contributed by atoms with Gasteiger partial charge >= 0.3 is 0 Å². The lowest BCUT2D eigenvalue weighted by Gasteiger charge is -2.13. The highest BCUT2D eigenvalue weighted by molar-refractivity contribution is 6.22. The molecular formula is C45H28N2O. The number of benzene rings is 7. The van der Waals surface area contributed by atoms with Crippen molar-refractivity contribution in [2.45, 2.75) is 0 Å². The van der Waals surface area contributed by atoms with Crippen LogP contribution >= 0.6 is 0 Å². The van der Waals surface area contributed by atoms with E-state index in [1.165, 1.54) is 21.5 Å². The van der Waals surface area contributed by atoms with Crippen molar-refractivity contribution in [3.05, 3.63) is 170 Å². The fraction of sp³-hybridized carbons (Fsp3) is 0. The third-order valence-electron chi connectivity index (χ3n) is 9.58. The highest BCUT2D eigenvalue weighted by Crippen LogP contribution is 2.40. The molecule has 10 aromatic rings. The van der Waals surface area contributed by atoms with Crippen LogP contribution in [0.2, 0.25) is 0 Å². The van der Waals surface area contributed by atoms with Crippen LogP contribution in [0, 0.1) is 0 Å². The molecule has 3 nitrogen and oxygen atoms in total. The minimum Gasteiger partial charge on any atom is -0.456 e. The largest absolute Gasteiger partial charge is 0.456 e. The van der Waals surface area contributed by atoms with Gasteiger partial charge in [0.15, 0.2) is 0 Å². The summed E-state index contributed by atoms with van der Waals surface area (Å²) in [5.41, 5.74) is 10.7. The summed E-state index contributed by atoms with van der Waals surface area (Å²) in [4.78, 5) is 5.34. The van der Waals surface area contributed by atoms with Crippen LogP contribution in [0.3, 0.4) is 0 Å². The van der Waals surface area contributed by atoms with E-state index in [9.17, 15) is 0 Å². The van der Waals surface area contributed by atoms with E-state index in [1.54, 1.807) is 0 Å². The van der Waals surface area contributed by atoms with Crippen molar-refractivity contribution in [2.75, 3.05) is 0 Å². The van der Waals surface area contributed by atoms with Crippen molar-refractivity contribution >= 4 is 54.5 Å². The van der Waals surface area contributed by atoms with Gasteiger partial charge in [-0.3, -0.25) is 4.57 Å². The first-order valence-corrected chi connectivity index (χ1v) is 16.3. The summed E-state index contributed by atoms with van der Waals surface area (Å²) in [5.74, 6) is 0.893. The van der Waals surface area contributed by atoms with Gasteiger partial charge in [0.25, 0.3) is 0 Å². The van der Waals surface area contributed by atoms with Gasteiger partial charge in [0.05, 0.1) is 16.7 Å². The van der Waals surface area contributed by atoms with Gasteiger partial charge in [0, 0.05) is 27.1 Å². The number of rotatable bonds is 4. The van der Waals surface area contributed by atoms with Crippen molar-refractivity contribution in [1.82, 2.24) is 9.55 Å². The molecule has 0 N–H and O–H groups in total. The van der Waals surface area contributed by atoms with Gasteiger partial charge in [0.1, 0.15) is 17.0 Å². The molecule has 0 atom stereocenters. The number of pyridine rings is 1. The average molecular weight is 613 g/mol. The lowest BCUT2D eigenvalue weighted by molar-refractivity contribution is 0.669. The molecule has 3 aromatic heterocycles. The number of hydrogen-bond acceptors (Lipinski definition) is 2. The Labute approximate surface area is 277 Å². The number of furan rings is 1. The Morgan fingerprint density at radius 3 is 1.88 bits per heavy atom. The first kappa shape index (κ1) is 26.7. The molecule has 0 fully saturated rings. The van der Waals surface area contributed by atoms with Gasteiger partial charge < -0.3 is 4.42 Å². The molecule has 0 aliphatic rings. The first-order chi connectivity index (χ1) is 23.8. The molecule has 10 rings (SSSR count). The lowest BCUT2D eigenvalue weighted by Crippen LogP contribution is -2.00. The SMILES string of the molecule is c1ccc(-c2cc(-c3ccccc3)nc(-n3c4ccc(-c5ccc6oc7ccccc7c6c5)cc4c4c5ccccc5ccc43)c2)cc1. The van der Waals surface area contributed by atoms with Crippen LogP contribution in [-0.2, 0) is 0 Å². The Hall–Kier alpha value is -6.45. The van der Waals surface area contributed by atoms with Crippen molar-refractivity contribution < 1.29 is 4.42 Å². The van der Waals surface area contributed by atoms with E-state index < -0.39 is 0 Å². The van der Waals surface area contributed by atoms with Gasteiger partial charge in [-0.1, -0.05) is 121 Å². The monoisotopic (exact) mass is 612 g/mol. The van der Waals surface area contributed by atoms with Crippen LogP contribution in [-0.4, -0.2) is 9.55 Å². The van der Waals surface area contributed by atoms with E-state index >= 15 is 0 Å². The maximum atomic E-state index is 6.14. The highest BCUT2D eigenvalue weighted by Gasteiger charge is 2.19. The van der Waals surface area contributed by atoms with E-state index in [4.69, 9.17) is 9.40 Å². The topological polar surface area (TPSA) is 31.0 Å². The average Bonchev–Trinajstić information content (AvgIpc) is 3.70. The van der Waals surface area contributed by atoms with Crippen LogP contribution < -0.4 is 0 Å². The van der Waals surface area contributed by atoms with Crippen molar-refractivity contribution in [2.24, 2.45) is 0 Å². The molecule has 7 aromatic carbocycles. The third kappa shape index (κ3) is 4.18. The Bertz CT molecular complexity index is 2770. The second kappa shape index (κ2) is 10.5. The summed E-state index contributed by atoms with van der Waals surface area (Å²) in [6.07, 6.45) is 0. The number of fused-ring (bicyclic) bond motifs is 8. The van der Waals surface area contributed by atoms with Gasteiger partial charge in [0.2, 0.25) is 0 Å². The normalized spacial score (nSPS) is 11.8. The molecule has 48 heavy (non-hydrogen) atoms. The Morgan fingerprint density at radius 2 is 1.04 bits per heavy atom. The lowest BCUT2D eigenvalue weighted by atomic mass is 9.99. The second-order valence-corrected chi connectivity index (χ2v) is 12.4. The van der Waals surface area contributed by atoms with Gasteiger partial charge in [-0.25, -0.2) is 4.98 Å². The highest BCUT2D eigenvalue weighted by atomic mass is 16.3. The molecule has 3 heteroatoms.